The van der Waals surface area contributed by atoms with Crippen molar-refractivity contribution in [1.29, 1.82) is 0 Å². The van der Waals surface area contributed by atoms with Crippen molar-refractivity contribution in [3.05, 3.63) is 59.0 Å². The number of hydrogen-bond acceptors (Lipinski definition) is 6. The highest BCUT2D eigenvalue weighted by atomic mass is 16.3. The topological polar surface area (TPSA) is 87.4 Å². The van der Waals surface area contributed by atoms with Gasteiger partial charge in [0.05, 0.1) is 37.3 Å². The van der Waals surface area contributed by atoms with Gasteiger partial charge in [0.2, 0.25) is 0 Å². The number of rotatable bonds is 17. The first-order chi connectivity index (χ1) is 19.7. The summed E-state index contributed by atoms with van der Waals surface area (Å²) in [7, 11) is 0. The smallest absolute Gasteiger partial charge is 0.139 e. The standard InChI is InChI=1S/C34H51N3O4/c1-7-18-35(19-8-2)25-14-16-27(29(38)23-25)31-33(40)32(34(31)41)28-17-15-26(24-30(28)39)36(20-9-3)21-13-22-37(10-4,11-5)12-6/h14-17,23-24H,7-13,18-22H2,1-6H3,(H3-,38,39,40,41)/p+1. The number of phenols is 2. The number of aliphatic hydroxyl groups is 2. The van der Waals surface area contributed by atoms with Crippen molar-refractivity contribution in [2.24, 2.45) is 0 Å². The zero-order valence-electron chi connectivity index (χ0n) is 26.1. The van der Waals surface area contributed by atoms with E-state index >= 15 is 0 Å². The van der Waals surface area contributed by atoms with Gasteiger partial charge in [0.1, 0.15) is 23.0 Å². The van der Waals surface area contributed by atoms with Crippen molar-refractivity contribution in [3.8, 4) is 11.5 Å². The molecule has 226 valence electrons. The summed E-state index contributed by atoms with van der Waals surface area (Å²) in [6.07, 6.45) is 4.05. The minimum atomic E-state index is -0.134. The lowest BCUT2D eigenvalue weighted by atomic mass is 9.83. The van der Waals surface area contributed by atoms with Crippen LogP contribution in [0.3, 0.4) is 0 Å². The van der Waals surface area contributed by atoms with Gasteiger partial charge < -0.3 is 34.7 Å². The Bertz CT molecular complexity index is 1220. The normalized spacial score (nSPS) is 13.5. The Morgan fingerprint density at radius 3 is 1.29 bits per heavy atom. The minimum absolute atomic E-state index is 0.00139. The number of aromatic hydroxyl groups is 2. The summed E-state index contributed by atoms with van der Waals surface area (Å²) < 4.78 is 1.11. The Labute approximate surface area is 247 Å². The third-order valence-electron chi connectivity index (χ3n) is 8.73. The van der Waals surface area contributed by atoms with Crippen LogP contribution in [0.15, 0.2) is 47.9 Å². The van der Waals surface area contributed by atoms with Crippen LogP contribution < -0.4 is 9.80 Å². The van der Waals surface area contributed by atoms with E-state index < -0.39 is 0 Å². The van der Waals surface area contributed by atoms with E-state index in [1.54, 1.807) is 24.3 Å². The van der Waals surface area contributed by atoms with Crippen molar-refractivity contribution in [2.45, 2.75) is 67.2 Å². The molecule has 3 rings (SSSR count). The summed E-state index contributed by atoms with van der Waals surface area (Å²) in [4.78, 5) is 4.52. The third-order valence-corrected chi connectivity index (χ3v) is 8.73. The van der Waals surface area contributed by atoms with Crippen LogP contribution in [0.1, 0.15) is 78.4 Å². The molecule has 7 nitrogen and oxygen atoms in total. The van der Waals surface area contributed by atoms with Gasteiger partial charge in [-0.1, -0.05) is 20.8 Å². The molecular formula is C34H52N3O4+. The van der Waals surface area contributed by atoms with Gasteiger partial charge in [-0.3, -0.25) is 0 Å². The molecule has 0 saturated carbocycles. The molecule has 0 spiro atoms. The highest BCUT2D eigenvalue weighted by molar-refractivity contribution is 6.08. The number of anilines is 2. The molecule has 2 aromatic rings. The van der Waals surface area contributed by atoms with E-state index in [-0.39, 0.29) is 34.2 Å². The Balaban J connectivity index is 1.80. The molecule has 0 aromatic heterocycles. The predicted molar refractivity (Wildman–Crippen MR) is 172 cm³/mol. The highest BCUT2D eigenvalue weighted by Crippen LogP contribution is 2.49. The lowest BCUT2D eigenvalue weighted by molar-refractivity contribution is -0.923. The molecule has 0 aliphatic heterocycles. The molecular weight excluding hydrogens is 514 g/mol. The number of nitrogens with zero attached hydrogens (tertiary/aromatic N) is 3. The summed E-state index contributed by atoms with van der Waals surface area (Å²) in [6.45, 7) is 21.3. The lowest BCUT2D eigenvalue weighted by Gasteiger charge is -2.36. The van der Waals surface area contributed by atoms with E-state index in [0.29, 0.717) is 11.1 Å². The first kappa shape index (κ1) is 32.2. The largest absolute Gasteiger partial charge is 0.507 e. The molecule has 1 aliphatic rings. The van der Waals surface area contributed by atoms with Crippen LogP contribution >= 0.6 is 0 Å². The average molecular weight is 567 g/mol. The van der Waals surface area contributed by atoms with Crippen LogP contribution in [0.25, 0.3) is 11.1 Å². The monoisotopic (exact) mass is 566 g/mol. The molecule has 7 heteroatoms. The van der Waals surface area contributed by atoms with E-state index in [0.717, 1.165) is 93.9 Å². The maximum absolute atomic E-state index is 11.0. The summed E-state index contributed by atoms with van der Waals surface area (Å²) in [6, 6.07) is 10.7. The van der Waals surface area contributed by atoms with Crippen molar-refractivity contribution in [3.63, 3.8) is 0 Å². The average Bonchev–Trinajstić information content (AvgIpc) is 2.97. The van der Waals surface area contributed by atoms with Gasteiger partial charge in [-0.2, -0.15) is 0 Å². The number of phenolic OH excluding ortho intramolecular Hbond substituents is 2. The van der Waals surface area contributed by atoms with Crippen LogP contribution in [0.2, 0.25) is 0 Å². The summed E-state index contributed by atoms with van der Waals surface area (Å²) in [5.74, 6) is -0.263. The SMILES string of the molecule is CCCN(CCC)c1ccc(C2=C(O)C(c3ccc(N(CCC)CCC[N+](CC)(CC)CC)cc3O)=C2O)c(O)c1. The highest BCUT2D eigenvalue weighted by Gasteiger charge is 2.34. The van der Waals surface area contributed by atoms with Crippen LogP contribution in [0, 0.1) is 0 Å². The van der Waals surface area contributed by atoms with Crippen LogP contribution in [0.5, 0.6) is 11.5 Å². The second-order valence-corrected chi connectivity index (χ2v) is 11.2. The van der Waals surface area contributed by atoms with Crippen LogP contribution in [0.4, 0.5) is 11.4 Å². The van der Waals surface area contributed by atoms with E-state index in [1.165, 1.54) is 0 Å². The molecule has 4 N–H and O–H groups in total. The van der Waals surface area contributed by atoms with Crippen molar-refractivity contribution < 1.29 is 24.9 Å². The van der Waals surface area contributed by atoms with Crippen molar-refractivity contribution in [1.82, 2.24) is 0 Å². The van der Waals surface area contributed by atoms with E-state index in [2.05, 4.69) is 51.3 Å². The fourth-order valence-electron chi connectivity index (χ4n) is 6.07. The van der Waals surface area contributed by atoms with E-state index in [9.17, 15) is 20.4 Å². The van der Waals surface area contributed by atoms with E-state index in [1.807, 2.05) is 12.1 Å². The van der Waals surface area contributed by atoms with Gasteiger partial charge in [-0.15, -0.1) is 0 Å². The maximum Gasteiger partial charge on any atom is 0.139 e. The first-order valence-electron chi connectivity index (χ1n) is 15.6. The first-order valence-corrected chi connectivity index (χ1v) is 15.6. The molecule has 1 aliphatic carbocycles. The van der Waals surface area contributed by atoms with Gasteiger partial charge in [0, 0.05) is 67.2 Å². The molecule has 0 radical (unpaired) electrons. The maximum atomic E-state index is 11.0. The zero-order valence-corrected chi connectivity index (χ0v) is 26.1. The van der Waals surface area contributed by atoms with Gasteiger partial charge in [-0.25, -0.2) is 0 Å². The molecule has 0 saturated heterocycles. The number of quaternary nitrogens is 1. The third kappa shape index (κ3) is 6.95. The second-order valence-electron chi connectivity index (χ2n) is 11.2. The molecule has 41 heavy (non-hydrogen) atoms. The Hall–Kier alpha value is -3.32. The molecule has 0 unspecified atom stereocenters. The Kier molecular flexibility index (Phi) is 11.4. The number of allylic oxidation sites excluding steroid dienone is 2. The number of benzene rings is 2. The molecule has 0 bridgehead atoms. The van der Waals surface area contributed by atoms with Gasteiger partial charge >= 0.3 is 0 Å². The minimum Gasteiger partial charge on any atom is -0.507 e. The van der Waals surface area contributed by atoms with Crippen molar-refractivity contribution >= 4 is 22.5 Å². The zero-order chi connectivity index (χ0) is 30.2. The van der Waals surface area contributed by atoms with E-state index in [4.69, 9.17) is 0 Å². The number of aliphatic hydroxyl groups excluding tert-OH is 2. The molecule has 0 amide bonds. The fraction of sp³-hybridized carbons (Fsp3) is 0.529. The molecule has 0 atom stereocenters. The fourth-order valence-corrected chi connectivity index (χ4v) is 6.07. The summed E-state index contributed by atoms with van der Waals surface area (Å²) in [5, 5.41) is 43.8. The van der Waals surface area contributed by atoms with Gasteiger partial charge in [0.15, 0.2) is 0 Å². The lowest BCUT2D eigenvalue weighted by Crippen LogP contribution is -2.49. The molecule has 2 aromatic carbocycles. The quantitative estimate of drug-likeness (QED) is 0.149. The number of hydrogen-bond donors (Lipinski definition) is 4. The van der Waals surface area contributed by atoms with Crippen LogP contribution in [-0.4, -0.2) is 77.3 Å². The second kappa shape index (κ2) is 14.5. The van der Waals surface area contributed by atoms with Gasteiger partial charge in [0.25, 0.3) is 0 Å². The predicted octanol–water partition coefficient (Wildman–Crippen LogP) is 7.46. The summed E-state index contributed by atoms with van der Waals surface area (Å²) in [5.41, 5.74) is 2.97. The Morgan fingerprint density at radius 1 is 0.561 bits per heavy atom. The molecule has 0 heterocycles. The summed E-state index contributed by atoms with van der Waals surface area (Å²) >= 11 is 0. The Morgan fingerprint density at radius 2 is 0.951 bits per heavy atom. The molecule has 0 fully saturated rings. The van der Waals surface area contributed by atoms with Crippen molar-refractivity contribution in [2.75, 3.05) is 62.2 Å². The van der Waals surface area contributed by atoms with Gasteiger partial charge in [-0.05, 0) is 64.3 Å². The van der Waals surface area contributed by atoms with Crippen LogP contribution in [-0.2, 0) is 0 Å².